The van der Waals surface area contributed by atoms with Crippen LogP contribution in [0.15, 0.2) is 53.7 Å². The zero-order valence-electron chi connectivity index (χ0n) is 15.6. The molecule has 0 saturated carbocycles. The van der Waals surface area contributed by atoms with Crippen LogP contribution in [-0.2, 0) is 4.79 Å². The molecule has 0 spiro atoms. The van der Waals surface area contributed by atoms with E-state index in [0.29, 0.717) is 39.1 Å². The number of allylic oxidation sites excluding steroid dienone is 1. The molecule has 1 aliphatic rings. The summed E-state index contributed by atoms with van der Waals surface area (Å²) in [5.41, 5.74) is 1.63. The zero-order chi connectivity index (χ0) is 20.3. The fourth-order valence-electron chi connectivity index (χ4n) is 3.04. The van der Waals surface area contributed by atoms with Crippen molar-refractivity contribution in [2.45, 2.75) is 13.0 Å². The Kier molecular flexibility index (Phi) is 5.79. The molecule has 1 amide bonds. The van der Waals surface area contributed by atoms with Crippen LogP contribution in [0.25, 0.3) is 0 Å². The lowest BCUT2D eigenvalue weighted by molar-refractivity contribution is -0.113. The molecule has 3 N–H and O–H groups in total. The molecule has 1 atom stereocenters. The van der Waals surface area contributed by atoms with Gasteiger partial charge in [-0.3, -0.25) is 4.79 Å². The molecule has 3 rings (SSSR count). The van der Waals surface area contributed by atoms with Crippen molar-refractivity contribution < 1.29 is 18.7 Å². The number of rotatable bonds is 5. The summed E-state index contributed by atoms with van der Waals surface area (Å²) >= 11 is 5.20. The number of halogens is 1. The van der Waals surface area contributed by atoms with Gasteiger partial charge in [0, 0.05) is 17.3 Å². The number of anilines is 1. The number of nitrogens with one attached hydrogen (secondary N) is 3. The van der Waals surface area contributed by atoms with Crippen molar-refractivity contribution in [2.75, 3.05) is 19.5 Å². The molecule has 146 valence electrons. The molecule has 0 fully saturated rings. The molecule has 0 aromatic heterocycles. The molecule has 6 nitrogen and oxygen atoms in total. The maximum Gasteiger partial charge on any atom is 0.255 e. The minimum Gasteiger partial charge on any atom is -0.497 e. The monoisotopic (exact) mass is 401 g/mol. The Morgan fingerprint density at radius 1 is 1.18 bits per heavy atom. The van der Waals surface area contributed by atoms with E-state index in [4.69, 9.17) is 21.7 Å². The van der Waals surface area contributed by atoms with Gasteiger partial charge in [-0.2, -0.15) is 0 Å². The van der Waals surface area contributed by atoms with Crippen LogP contribution in [0.3, 0.4) is 0 Å². The van der Waals surface area contributed by atoms with Crippen LogP contribution in [0.2, 0.25) is 0 Å². The molecule has 0 bridgehead atoms. The Balaban J connectivity index is 2.00. The summed E-state index contributed by atoms with van der Waals surface area (Å²) in [6.45, 7) is 1.72. The first kappa shape index (κ1) is 19.6. The van der Waals surface area contributed by atoms with Crippen LogP contribution in [0, 0.1) is 5.82 Å². The second-order valence-corrected chi connectivity index (χ2v) is 6.52. The van der Waals surface area contributed by atoms with Crippen molar-refractivity contribution in [3.8, 4) is 11.5 Å². The Hall–Kier alpha value is -3.13. The number of hydrogen-bond acceptors (Lipinski definition) is 4. The molecule has 8 heteroatoms. The quantitative estimate of drug-likeness (QED) is 0.668. The van der Waals surface area contributed by atoms with Gasteiger partial charge in [0.25, 0.3) is 5.91 Å². The third-order valence-corrected chi connectivity index (χ3v) is 4.60. The van der Waals surface area contributed by atoms with Gasteiger partial charge in [0.2, 0.25) is 0 Å². The van der Waals surface area contributed by atoms with E-state index in [1.807, 2.05) is 0 Å². The minimum atomic E-state index is -0.730. The van der Waals surface area contributed by atoms with Crippen LogP contribution in [0.5, 0.6) is 11.5 Å². The summed E-state index contributed by atoms with van der Waals surface area (Å²) in [6, 6.07) is 10.6. The first-order valence-corrected chi connectivity index (χ1v) is 8.91. The second-order valence-electron chi connectivity index (χ2n) is 6.11. The Labute approximate surface area is 167 Å². The van der Waals surface area contributed by atoms with Crippen molar-refractivity contribution in [3.05, 3.63) is 65.1 Å². The molecule has 28 heavy (non-hydrogen) atoms. The molecular formula is C20H20FN3O3S. The summed E-state index contributed by atoms with van der Waals surface area (Å²) in [5.74, 6) is 0.192. The molecule has 1 heterocycles. The van der Waals surface area contributed by atoms with Crippen LogP contribution >= 0.6 is 12.2 Å². The van der Waals surface area contributed by atoms with Crippen molar-refractivity contribution in [1.82, 2.24) is 10.6 Å². The van der Waals surface area contributed by atoms with E-state index in [-0.39, 0.29) is 0 Å². The molecule has 0 unspecified atom stereocenters. The van der Waals surface area contributed by atoms with Gasteiger partial charge in [-0.15, -0.1) is 0 Å². The molecular weight excluding hydrogens is 381 g/mol. The van der Waals surface area contributed by atoms with Crippen molar-refractivity contribution in [2.24, 2.45) is 0 Å². The lowest BCUT2D eigenvalue weighted by atomic mass is 9.94. The van der Waals surface area contributed by atoms with Gasteiger partial charge in [-0.1, -0.05) is 18.2 Å². The standard InChI is InChI=1S/C20H20FN3O3S/c1-11-17(18(24-20(28)22-11)13-6-4-5-7-14(13)21)19(25)23-15-10-12(26-2)8-9-16(15)27-3/h4-10,18H,1-3H3,(H,23,25)(H2,22,24,28)/t18-/m1/s1. The SMILES string of the molecule is COc1ccc(OC)c(NC(=O)C2=C(C)NC(=S)N[C@@H]2c2ccccc2F)c1. The number of methoxy groups -OCH3 is 2. The number of amides is 1. The molecule has 2 aromatic carbocycles. The topological polar surface area (TPSA) is 71.6 Å². The zero-order valence-corrected chi connectivity index (χ0v) is 16.4. The predicted octanol–water partition coefficient (Wildman–Crippen LogP) is 3.27. The number of thiocarbonyl (C=S) groups is 1. The summed E-state index contributed by atoms with van der Waals surface area (Å²) in [4.78, 5) is 13.1. The Bertz CT molecular complexity index is 961. The van der Waals surface area contributed by atoms with Gasteiger partial charge in [0.05, 0.1) is 31.5 Å². The van der Waals surface area contributed by atoms with E-state index >= 15 is 0 Å². The molecule has 0 radical (unpaired) electrons. The van der Waals surface area contributed by atoms with Gasteiger partial charge < -0.3 is 25.4 Å². The highest BCUT2D eigenvalue weighted by Crippen LogP contribution is 2.32. The fourth-order valence-corrected chi connectivity index (χ4v) is 3.31. The van der Waals surface area contributed by atoms with Gasteiger partial charge in [0.1, 0.15) is 17.3 Å². The van der Waals surface area contributed by atoms with Crippen LogP contribution < -0.4 is 25.4 Å². The highest BCUT2D eigenvalue weighted by Gasteiger charge is 2.31. The van der Waals surface area contributed by atoms with Gasteiger partial charge in [-0.25, -0.2) is 4.39 Å². The first-order valence-electron chi connectivity index (χ1n) is 8.50. The van der Waals surface area contributed by atoms with Gasteiger partial charge in [-0.05, 0) is 37.3 Å². The van der Waals surface area contributed by atoms with E-state index in [1.165, 1.54) is 20.3 Å². The first-order chi connectivity index (χ1) is 13.4. The number of ether oxygens (including phenoxy) is 2. The Morgan fingerprint density at radius 2 is 1.93 bits per heavy atom. The number of hydrogen-bond donors (Lipinski definition) is 3. The fraction of sp³-hybridized carbons (Fsp3) is 0.200. The summed E-state index contributed by atoms with van der Waals surface area (Å²) in [5, 5.41) is 9.05. The number of carbonyl (C=O) groups is 1. The van der Waals surface area contributed by atoms with Gasteiger partial charge >= 0.3 is 0 Å². The molecule has 0 saturated heterocycles. The van der Waals surface area contributed by atoms with Crippen molar-refractivity contribution in [3.63, 3.8) is 0 Å². The second kappa shape index (κ2) is 8.26. The maximum absolute atomic E-state index is 14.4. The van der Waals surface area contributed by atoms with Crippen molar-refractivity contribution in [1.29, 1.82) is 0 Å². The van der Waals surface area contributed by atoms with Crippen molar-refractivity contribution >= 4 is 28.9 Å². The summed E-state index contributed by atoms with van der Waals surface area (Å²) < 4.78 is 24.9. The van der Waals surface area contributed by atoms with Crippen LogP contribution in [0.1, 0.15) is 18.5 Å². The predicted molar refractivity (Wildman–Crippen MR) is 109 cm³/mol. The molecule has 0 aliphatic carbocycles. The normalized spacial score (nSPS) is 16.1. The average molecular weight is 401 g/mol. The third kappa shape index (κ3) is 3.91. The third-order valence-electron chi connectivity index (χ3n) is 4.38. The Morgan fingerprint density at radius 3 is 2.61 bits per heavy atom. The van der Waals surface area contributed by atoms with Crippen LogP contribution in [-0.4, -0.2) is 25.2 Å². The number of carbonyl (C=O) groups excluding carboxylic acids is 1. The average Bonchev–Trinajstić information content (AvgIpc) is 2.67. The maximum atomic E-state index is 14.4. The van der Waals surface area contributed by atoms with E-state index in [0.717, 1.165) is 0 Å². The van der Waals surface area contributed by atoms with Gasteiger partial charge in [0.15, 0.2) is 5.11 Å². The van der Waals surface area contributed by atoms with E-state index in [2.05, 4.69) is 16.0 Å². The highest BCUT2D eigenvalue weighted by molar-refractivity contribution is 7.80. The van der Waals surface area contributed by atoms with E-state index in [1.54, 1.807) is 43.3 Å². The highest BCUT2D eigenvalue weighted by atomic mass is 32.1. The minimum absolute atomic E-state index is 0.321. The summed E-state index contributed by atoms with van der Waals surface area (Å²) in [6.07, 6.45) is 0. The lowest BCUT2D eigenvalue weighted by Gasteiger charge is -2.30. The van der Waals surface area contributed by atoms with E-state index in [9.17, 15) is 9.18 Å². The van der Waals surface area contributed by atoms with Crippen LogP contribution in [0.4, 0.5) is 10.1 Å². The lowest BCUT2D eigenvalue weighted by Crippen LogP contribution is -2.46. The van der Waals surface area contributed by atoms with E-state index < -0.39 is 17.8 Å². The number of benzene rings is 2. The smallest absolute Gasteiger partial charge is 0.255 e. The summed E-state index contributed by atoms with van der Waals surface area (Å²) in [7, 11) is 3.04. The molecule has 1 aliphatic heterocycles. The largest absolute Gasteiger partial charge is 0.497 e. The molecule has 2 aromatic rings.